The molecular formula is C25H26FN3O3S. The first-order valence-corrected chi connectivity index (χ1v) is 11.6. The molecule has 2 aliphatic heterocycles. The second kappa shape index (κ2) is 8.67. The van der Waals surface area contributed by atoms with Gasteiger partial charge < -0.3 is 10.2 Å². The van der Waals surface area contributed by atoms with E-state index in [0.717, 1.165) is 28.6 Å². The number of benzene rings is 2. The number of rotatable bonds is 4. The zero-order chi connectivity index (χ0) is 23.9. The van der Waals surface area contributed by atoms with Gasteiger partial charge in [-0.1, -0.05) is 13.0 Å². The highest BCUT2D eigenvalue weighted by molar-refractivity contribution is 8.18. The van der Waals surface area contributed by atoms with Gasteiger partial charge in [-0.3, -0.25) is 19.3 Å². The number of hydrogen-bond donors (Lipinski definition) is 1. The van der Waals surface area contributed by atoms with E-state index in [2.05, 4.69) is 50.2 Å². The van der Waals surface area contributed by atoms with Crippen molar-refractivity contribution in [2.24, 2.45) is 0 Å². The Morgan fingerprint density at radius 1 is 1.21 bits per heavy atom. The topological polar surface area (TPSA) is 69.7 Å². The highest BCUT2D eigenvalue weighted by Crippen LogP contribution is 2.43. The molecule has 4 rings (SSSR count). The van der Waals surface area contributed by atoms with Crippen LogP contribution in [0.2, 0.25) is 0 Å². The summed E-state index contributed by atoms with van der Waals surface area (Å²) in [7, 11) is 2.09. The van der Waals surface area contributed by atoms with Crippen molar-refractivity contribution in [2.75, 3.05) is 23.8 Å². The maximum Gasteiger partial charge on any atom is 0.294 e. The zero-order valence-corrected chi connectivity index (χ0v) is 19.8. The second-order valence-corrected chi connectivity index (χ2v) is 10.1. The summed E-state index contributed by atoms with van der Waals surface area (Å²) < 4.78 is 13.0. The Morgan fingerprint density at radius 2 is 1.91 bits per heavy atom. The fourth-order valence-electron chi connectivity index (χ4n) is 4.35. The van der Waals surface area contributed by atoms with Crippen molar-refractivity contribution in [3.8, 4) is 0 Å². The summed E-state index contributed by atoms with van der Waals surface area (Å²) >= 11 is 0.824. The van der Waals surface area contributed by atoms with Crippen LogP contribution in [0.3, 0.4) is 0 Å². The predicted molar refractivity (Wildman–Crippen MR) is 130 cm³/mol. The fraction of sp³-hybridized carbons (Fsp3) is 0.320. The maximum absolute atomic E-state index is 13.0. The van der Waals surface area contributed by atoms with Crippen LogP contribution in [0.5, 0.6) is 0 Å². The predicted octanol–water partition coefficient (Wildman–Crippen LogP) is 5.22. The Kier molecular flexibility index (Phi) is 6.05. The average Bonchev–Trinajstić information content (AvgIpc) is 3.01. The van der Waals surface area contributed by atoms with Crippen molar-refractivity contribution < 1.29 is 18.8 Å². The van der Waals surface area contributed by atoms with E-state index in [1.165, 1.54) is 35.5 Å². The lowest BCUT2D eigenvalue weighted by Crippen LogP contribution is -2.45. The van der Waals surface area contributed by atoms with Crippen molar-refractivity contribution in [1.29, 1.82) is 0 Å². The molecule has 1 saturated heterocycles. The molecule has 0 aliphatic carbocycles. The van der Waals surface area contributed by atoms with Crippen LogP contribution in [0.25, 0.3) is 6.08 Å². The molecule has 172 valence electrons. The van der Waals surface area contributed by atoms with E-state index in [4.69, 9.17) is 0 Å². The Bertz CT molecular complexity index is 1160. The third-order valence-electron chi connectivity index (χ3n) is 6.26. The van der Waals surface area contributed by atoms with Crippen molar-refractivity contribution in [2.45, 2.75) is 38.6 Å². The minimum atomic E-state index is -0.529. The number of carbonyl (C=O) groups is 3. The molecule has 3 amide bonds. The van der Waals surface area contributed by atoms with Gasteiger partial charge in [0.2, 0.25) is 5.91 Å². The Labute approximate surface area is 196 Å². The van der Waals surface area contributed by atoms with Crippen LogP contribution < -0.4 is 10.2 Å². The summed E-state index contributed by atoms with van der Waals surface area (Å²) in [6.45, 7) is 6.25. The van der Waals surface area contributed by atoms with Crippen LogP contribution in [-0.2, 0) is 9.59 Å². The van der Waals surface area contributed by atoms with E-state index in [0.29, 0.717) is 11.6 Å². The largest absolute Gasteiger partial charge is 0.369 e. The second-order valence-electron chi connectivity index (χ2n) is 9.12. The SMILES string of the molecule is C[C@H]1CC(C)(C)N(C)c2ccc(/C=C3\SC(=O)N(CC(=O)Nc4ccc(F)cc4)C3=O)cc21. The Balaban J connectivity index is 1.49. The highest BCUT2D eigenvalue weighted by Gasteiger charge is 2.37. The molecule has 1 N–H and O–H groups in total. The lowest BCUT2D eigenvalue weighted by atomic mass is 9.80. The summed E-state index contributed by atoms with van der Waals surface area (Å²) in [6, 6.07) is 11.3. The number of fused-ring (bicyclic) bond motifs is 1. The van der Waals surface area contributed by atoms with E-state index >= 15 is 0 Å². The molecule has 2 aliphatic rings. The maximum atomic E-state index is 13.0. The van der Waals surface area contributed by atoms with Gasteiger partial charge in [0.15, 0.2) is 0 Å². The van der Waals surface area contributed by atoms with Gasteiger partial charge in [-0.05, 0) is 91.5 Å². The van der Waals surface area contributed by atoms with Crippen LogP contribution in [0, 0.1) is 5.82 Å². The number of halogens is 1. The average molecular weight is 468 g/mol. The number of nitrogens with one attached hydrogen (secondary N) is 1. The number of nitrogens with zero attached hydrogens (tertiary/aromatic N) is 2. The molecule has 0 spiro atoms. The van der Waals surface area contributed by atoms with Gasteiger partial charge in [-0.25, -0.2) is 4.39 Å². The third-order valence-corrected chi connectivity index (χ3v) is 7.17. The van der Waals surface area contributed by atoms with Gasteiger partial charge in [0.05, 0.1) is 4.91 Å². The Morgan fingerprint density at radius 3 is 2.61 bits per heavy atom. The first-order valence-electron chi connectivity index (χ1n) is 10.7. The molecule has 2 heterocycles. The molecule has 0 saturated carbocycles. The van der Waals surface area contributed by atoms with Gasteiger partial charge in [0, 0.05) is 24.0 Å². The summed E-state index contributed by atoms with van der Waals surface area (Å²) in [5.74, 6) is -1.08. The van der Waals surface area contributed by atoms with Crippen molar-refractivity contribution in [3.05, 3.63) is 64.3 Å². The number of hydrogen-bond acceptors (Lipinski definition) is 5. The van der Waals surface area contributed by atoms with Crippen LogP contribution in [0.1, 0.15) is 44.2 Å². The number of amides is 3. The molecule has 2 aromatic rings. The monoisotopic (exact) mass is 467 g/mol. The summed E-state index contributed by atoms with van der Waals surface area (Å²) in [5, 5.41) is 2.07. The van der Waals surface area contributed by atoms with Crippen LogP contribution in [0.15, 0.2) is 47.4 Å². The lowest BCUT2D eigenvalue weighted by molar-refractivity contribution is -0.127. The normalized spacial score (nSPS) is 20.9. The molecule has 6 nitrogen and oxygen atoms in total. The number of imide groups is 1. The molecule has 1 atom stereocenters. The minimum Gasteiger partial charge on any atom is -0.369 e. The smallest absolute Gasteiger partial charge is 0.294 e. The number of thioether (sulfide) groups is 1. The minimum absolute atomic E-state index is 0.0606. The van der Waals surface area contributed by atoms with Crippen molar-refractivity contribution in [3.63, 3.8) is 0 Å². The first-order chi connectivity index (χ1) is 15.5. The van der Waals surface area contributed by atoms with Crippen LogP contribution in [-0.4, -0.2) is 41.1 Å². The third kappa shape index (κ3) is 4.66. The molecule has 1 fully saturated rings. The molecule has 0 aromatic heterocycles. The van der Waals surface area contributed by atoms with Gasteiger partial charge >= 0.3 is 0 Å². The summed E-state index contributed by atoms with van der Waals surface area (Å²) in [4.78, 5) is 41.0. The zero-order valence-electron chi connectivity index (χ0n) is 19.0. The standard InChI is InChI=1S/C25H26FN3O3S/c1-15-13-25(2,3)28(4)20-10-5-16(11-19(15)20)12-21-23(31)29(24(32)33-21)14-22(30)27-18-8-6-17(26)7-9-18/h5-12,15H,13-14H2,1-4H3,(H,27,30)/b21-12-/t15-/m0/s1. The quantitative estimate of drug-likeness (QED) is 0.624. The van der Waals surface area contributed by atoms with E-state index in [1.54, 1.807) is 6.08 Å². The molecule has 0 unspecified atom stereocenters. The van der Waals surface area contributed by atoms with Crippen molar-refractivity contribution >= 4 is 46.3 Å². The molecule has 2 aromatic carbocycles. The van der Waals surface area contributed by atoms with Gasteiger partial charge in [-0.15, -0.1) is 0 Å². The van der Waals surface area contributed by atoms with E-state index in [-0.39, 0.29) is 10.4 Å². The first kappa shape index (κ1) is 23.0. The van der Waals surface area contributed by atoms with Gasteiger partial charge in [-0.2, -0.15) is 0 Å². The van der Waals surface area contributed by atoms with Crippen molar-refractivity contribution in [1.82, 2.24) is 4.90 Å². The molecular weight excluding hydrogens is 441 g/mol. The molecule has 33 heavy (non-hydrogen) atoms. The van der Waals surface area contributed by atoms with Gasteiger partial charge in [0.1, 0.15) is 12.4 Å². The molecule has 8 heteroatoms. The number of carbonyl (C=O) groups excluding carboxylic acids is 3. The van der Waals surface area contributed by atoms with E-state index in [9.17, 15) is 18.8 Å². The molecule has 0 bridgehead atoms. The Hall–Kier alpha value is -3.13. The lowest BCUT2D eigenvalue weighted by Gasteiger charge is -2.45. The van der Waals surface area contributed by atoms with Crippen LogP contribution >= 0.6 is 11.8 Å². The summed E-state index contributed by atoms with van der Waals surface area (Å²) in [6.07, 6.45) is 2.72. The summed E-state index contributed by atoms with van der Waals surface area (Å²) in [5.41, 5.74) is 3.67. The fourth-order valence-corrected chi connectivity index (χ4v) is 5.19. The van der Waals surface area contributed by atoms with E-state index in [1.807, 2.05) is 6.07 Å². The van der Waals surface area contributed by atoms with Gasteiger partial charge in [0.25, 0.3) is 11.1 Å². The molecule has 0 radical (unpaired) electrons. The van der Waals surface area contributed by atoms with Crippen LogP contribution in [0.4, 0.5) is 20.6 Å². The number of anilines is 2. The highest BCUT2D eigenvalue weighted by atomic mass is 32.2. The van der Waals surface area contributed by atoms with E-state index < -0.39 is 29.4 Å².